The zero-order valence-corrected chi connectivity index (χ0v) is 8.08. The van der Waals surface area contributed by atoms with Crippen molar-refractivity contribution in [2.75, 3.05) is 0 Å². The number of H-pyrrole nitrogens is 1. The number of hydrogen-bond donors (Lipinski definition) is 4. The van der Waals surface area contributed by atoms with Crippen LogP contribution in [0.4, 0.5) is 0 Å². The van der Waals surface area contributed by atoms with Crippen LogP contribution in [0.3, 0.4) is 0 Å². The van der Waals surface area contributed by atoms with Gasteiger partial charge in [0.15, 0.2) is 5.69 Å². The summed E-state index contributed by atoms with van der Waals surface area (Å²) < 4.78 is 0. The van der Waals surface area contributed by atoms with Gasteiger partial charge in [-0.1, -0.05) is 11.6 Å². The Bertz CT molecular complexity index is 463. The van der Waals surface area contributed by atoms with Crippen molar-refractivity contribution in [2.24, 2.45) is 16.6 Å². The molecule has 0 aromatic carbocycles. The molecule has 8 nitrogen and oxygen atoms in total. The van der Waals surface area contributed by atoms with Crippen LogP contribution in [0.15, 0.2) is 16.1 Å². The van der Waals surface area contributed by atoms with Crippen LogP contribution in [0.1, 0.15) is 10.5 Å². The van der Waals surface area contributed by atoms with E-state index < -0.39 is 17.2 Å². The highest BCUT2D eigenvalue weighted by atomic mass is 35.5. The third-order valence-corrected chi connectivity index (χ3v) is 1.45. The minimum atomic E-state index is -0.854. The molecule has 0 aliphatic carbocycles. The zero-order valence-electron chi connectivity index (χ0n) is 7.32. The van der Waals surface area contributed by atoms with Gasteiger partial charge in [0.05, 0.1) is 0 Å². The van der Waals surface area contributed by atoms with Crippen molar-refractivity contribution in [3.63, 3.8) is 0 Å². The number of amides is 1. The van der Waals surface area contributed by atoms with Gasteiger partial charge < -0.3 is 16.5 Å². The fraction of sp³-hybridized carbons (Fsp3) is 0. The summed E-state index contributed by atoms with van der Waals surface area (Å²) in [5.41, 5.74) is 10.7. The lowest BCUT2D eigenvalue weighted by Crippen LogP contribution is -2.32. The number of hydrazone groups is 1. The van der Waals surface area contributed by atoms with Gasteiger partial charge in [-0.05, 0) is 0 Å². The van der Waals surface area contributed by atoms with Crippen molar-refractivity contribution < 1.29 is 4.79 Å². The average molecular weight is 231 g/mol. The van der Waals surface area contributed by atoms with E-state index in [-0.39, 0.29) is 11.1 Å². The Balaban J connectivity index is 2.96. The molecular formula is C6H7ClN6O2. The molecular weight excluding hydrogens is 224 g/mol. The Labute approximate surface area is 88.3 Å². The largest absolute Gasteiger partial charge is 0.369 e. The van der Waals surface area contributed by atoms with Gasteiger partial charge in [0.1, 0.15) is 5.15 Å². The zero-order chi connectivity index (χ0) is 11.4. The highest BCUT2D eigenvalue weighted by Gasteiger charge is 2.12. The van der Waals surface area contributed by atoms with E-state index in [2.05, 4.69) is 15.1 Å². The number of nitrogens with zero attached hydrogens (tertiary/aromatic N) is 2. The maximum atomic E-state index is 11.3. The Morgan fingerprint density at radius 3 is 2.87 bits per heavy atom. The summed E-state index contributed by atoms with van der Waals surface area (Å²) in [5, 5.41) is 3.18. The Kier molecular flexibility index (Phi) is 3.24. The van der Waals surface area contributed by atoms with Gasteiger partial charge in [-0.25, -0.2) is 10.4 Å². The fourth-order valence-electron chi connectivity index (χ4n) is 0.705. The smallest absolute Gasteiger partial charge is 0.295 e. The van der Waals surface area contributed by atoms with Crippen LogP contribution in [-0.2, 0) is 0 Å². The van der Waals surface area contributed by atoms with Gasteiger partial charge in [0, 0.05) is 6.20 Å². The normalized spacial score (nSPS) is 9.40. The highest BCUT2D eigenvalue weighted by Crippen LogP contribution is 1.98. The minimum Gasteiger partial charge on any atom is -0.369 e. The number of nitrogens with two attached hydrogens (primary N) is 2. The third-order valence-electron chi connectivity index (χ3n) is 1.26. The summed E-state index contributed by atoms with van der Waals surface area (Å²) in [6.45, 7) is 0. The van der Waals surface area contributed by atoms with Gasteiger partial charge in [-0.2, -0.15) is 0 Å². The summed E-state index contributed by atoms with van der Waals surface area (Å²) in [4.78, 5) is 28.1. The molecule has 0 saturated heterocycles. The van der Waals surface area contributed by atoms with E-state index in [1.165, 1.54) is 0 Å². The van der Waals surface area contributed by atoms with E-state index in [4.69, 9.17) is 23.1 Å². The fourth-order valence-corrected chi connectivity index (χ4v) is 0.845. The number of rotatable bonds is 2. The minimum absolute atomic E-state index is 0.0237. The Morgan fingerprint density at radius 1 is 1.60 bits per heavy atom. The SMILES string of the molecule is NC(N)=NNC(=O)c1nc(Cl)c[nH]c1=O. The van der Waals surface area contributed by atoms with Gasteiger partial charge in [0.2, 0.25) is 5.96 Å². The molecule has 6 N–H and O–H groups in total. The molecule has 0 aliphatic rings. The molecule has 0 aliphatic heterocycles. The number of carbonyl (C=O) groups excluding carboxylic acids is 1. The maximum Gasteiger partial charge on any atom is 0.295 e. The van der Waals surface area contributed by atoms with Gasteiger partial charge in [-0.15, -0.1) is 5.10 Å². The van der Waals surface area contributed by atoms with Crippen molar-refractivity contribution in [3.05, 3.63) is 27.4 Å². The summed E-state index contributed by atoms with van der Waals surface area (Å²) in [5.74, 6) is -1.20. The predicted octanol–water partition coefficient (Wildman–Crippen LogP) is -1.66. The molecule has 1 heterocycles. The number of halogens is 1. The van der Waals surface area contributed by atoms with Crippen LogP contribution in [0.5, 0.6) is 0 Å². The first-order valence-corrected chi connectivity index (χ1v) is 4.02. The number of nitrogens with one attached hydrogen (secondary N) is 2. The van der Waals surface area contributed by atoms with Crippen LogP contribution in [0, 0.1) is 0 Å². The average Bonchev–Trinajstić information content (AvgIpc) is 2.18. The number of carbonyl (C=O) groups is 1. The number of aromatic nitrogens is 2. The van der Waals surface area contributed by atoms with Crippen molar-refractivity contribution >= 4 is 23.5 Å². The van der Waals surface area contributed by atoms with E-state index >= 15 is 0 Å². The van der Waals surface area contributed by atoms with E-state index in [0.29, 0.717) is 0 Å². The van der Waals surface area contributed by atoms with Crippen LogP contribution in [0.2, 0.25) is 5.15 Å². The standard InChI is InChI=1S/C6H7ClN6O2/c7-2-1-10-4(14)3(11-2)5(15)12-13-6(8)9/h1H,(H,10,14)(H,12,15)(H4,8,9,13). The molecule has 1 aromatic heterocycles. The van der Waals surface area contributed by atoms with Crippen LogP contribution in [0.25, 0.3) is 0 Å². The molecule has 80 valence electrons. The lowest BCUT2D eigenvalue weighted by Gasteiger charge is -1.98. The van der Waals surface area contributed by atoms with Gasteiger partial charge in [0.25, 0.3) is 11.5 Å². The van der Waals surface area contributed by atoms with E-state index in [1.54, 1.807) is 0 Å². The summed E-state index contributed by atoms with van der Waals surface area (Å²) >= 11 is 5.48. The van der Waals surface area contributed by atoms with Crippen LogP contribution in [-0.4, -0.2) is 21.8 Å². The molecule has 0 bridgehead atoms. The molecule has 0 fully saturated rings. The van der Waals surface area contributed by atoms with Crippen molar-refractivity contribution in [1.29, 1.82) is 0 Å². The van der Waals surface area contributed by atoms with Crippen molar-refractivity contribution in [1.82, 2.24) is 15.4 Å². The number of aromatic amines is 1. The number of hydrogen-bond acceptors (Lipinski definition) is 4. The first kappa shape index (κ1) is 11.0. The molecule has 1 amide bonds. The summed E-state index contributed by atoms with van der Waals surface area (Å²) in [7, 11) is 0. The molecule has 0 spiro atoms. The van der Waals surface area contributed by atoms with Gasteiger partial charge >= 0.3 is 0 Å². The molecule has 0 radical (unpaired) electrons. The van der Waals surface area contributed by atoms with Crippen LogP contribution < -0.4 is 22.5 Å². The second-order valence-electron chi connectivity index (χ2n) is 2.38. The Morgan fingerprint density at radius 2 is 2.27 bits per heavy atom. The topological polar surface area (TPSA) is 139 Å². The molecule has 1 rings (SSSR count). The van der Waals surface area contributed by atoms with E-state index in [0.717, 1.165) is 6.20 Å². The molecule has 1 aromatic rings. The van der Waals surface area contributed by atoms with E-state index in [9.17, 15) is 9.59 Å². The highest BCUT2D eigenvalue weighted by molar-refractivity contribution is 6.29. The lowest BCUT2D eigenvalue weighted by atomic mass is 10.4. The second kappa shape index (κ2) is 4.42. The molecule has 0 unspecified atom stereocenters. The monoisotopic (exact) mass is 230 g/mol. The second-order valence-corrected chi connectivity index (χ2v) is 2.77. The molecule has 15 heavy (non-hydrogen) atoms. The van der Waals surface area contributed by atoms with Crippen molar-refractivity contribution in [2.45, 2.75) is 0 Å². The summed E-state index contributed by atoms with van der Waals surface area (Å²) in [6.07, 6.45) is 1.15. The first-order valence-electron chi connectivity index (χ1n) is 3.65. The summed E-state index contributed by atoms with van der Waals surface area (Å²) in [6, 6.07) is 0. The lowest BCUT2D eigenvalue weighted by molar-refractivity contribution is 0.0948. The van der Waals surface area contributed by atoms with E-state index in [1.807, 2.05) is 5.43 Å². The number of guanidine groups is 1. The van der Waals surface area contributed by atoms with Crippen LogP contribution >= 0.6 is 11.6 Å². The predicted molar refractivity (Wildman–Crippen MR) is 53.1 cm³/mol. The van der Waals surface area contributed by atoms with Crippen molar-refractivity contribution in [3.8, 4) is 0 Å². The first-order chi connectivity index (χ1) is 7.00. The molecule has 0 atom stereocenters. The third kappa shape index (κ3) is 2.95. The maximum absolute atomic E-state index is 11.3. The quantitative estimate of drug-likeness (QED) is 0.274. The van der Waals surface area contributed by atoms with Gasteiger partial charge in [-0.3, -0.25) is 9.59 Å². The Hall–Kier alpha value is -2.09. The molecule has 0 saturated carbocycles. The molecule has 9 heteroatoms.